The molecule has 1 aliphatic rings. The lowest BCUT2D eigenvalue weighted by Gasteiger charge is -2.15. The Kier molecular flexibility index (Phi) is 10.7. The highest BCUT2D eigenvalue weighted by Crippen LogP contribution is 2.38. The molecule has 10 nitrogen and oxygen atoms in total. The van der Waals surface area contributed by atoms with Crippen molar-refractivity contribution in [3.63, 3.8) is 0 Å². The first-order chi connectivity index (χ1) is 21.4. The van der Waals surface area contributed by atoms with Gasteiger partial charge in [0.1, 0.15) is 10.8 Å². The average molecular weight is 654 g/mol. The van der Waals surface area contributed by atoms with Gasteiger partial charge in [0.15, 0.2) is 11.0 Å². The number of hydrogen-bond acceptors (Lipinski definition) is 10. The molecule has 1 aliphatic carbocycles. The second kappa shape index (κ2) is 14.9. The van der Waals surface area contributed by atoms with E-state index in [1.807, 2.05) is 47.2 Å². The molecule has 5 rings (SSSR count). The summed E-state index contributed by atoms with van der Waals surface area (Å²) in [6, 6.07) is 11.1. The van der Waals surface area contributed by atoms with Crippen LogP contribution in [0.2, 0.25) is 0 Å². The highest BCUT2D eigenvalue weighted by Gasteiger charge is 2.29. The molecule has 1 unspecified atom stereocenters. The smallest absolute Gasteiger partial charge is 0.341 e. The molecule has 0 fully saturated rings. The number of thioether (sulfide) groups is 1. The maximum Gasteiger partial charge on any atom is 0.341 e. The van der Waals surface area contributed by atoms with Gasteiger partial charge in [-0.1, -0.05) is 24.2 Å². The van der Waals surface area contributed by atoms with Crippen molar-refractivity contribution in [2.75, 3.05) is 18.5 Å². The predicted molar refractivity (Wildman–Crippen MR) is 174 cm³/mol. The van der Waals surface area contributed by atoms with Crippen LogP contribution in [0.25, 0.3) is 5.69 Å². The molecule has 2 amide bonds. The van der Waals surface area contributed by atoms with Crippen LogP contribution in [-0.4, -0.2) is 51.0 Å². The van der Waals surface area contributed by atoms with Crippen LogP contribution in [0.3, 0.4) is 0 Å². The van der Waals surface area contributed by atoms with Gasteiger partial charge in [-0.05, 0) is 87.7 Å². The Bertz CT molecular complexity index is 1600. The molecule has 0 saturated heterocycles. The van der Waals surface area contributed by atoms with Gasteiger partial charge >= 0.3 is 5.97 Å². The van der Waals surface area contributed by atoms with E-state index in [-0.39, 0.29) is 25.0 Å². The summed E-state index contributed by atoms with van der Waals surface area (Å²) in [5.41, 5.74) is 2.26. The van der Waals surface area contributed by atoms with E-state index in [2.05, 4.69) is 20.8 Å². The van der Waals surface area contributed by atoms with Gasteiger partial charge in [0, 0.05) is 10.6 Å². The first-order valence-electron chi connectivity index (χ1n) is 14.7. The summed E-state index contributed by atoms with van der Waals surface area (Å²) in [6.45, 7) is 6.44. The predicted octanol–water partition coefficient (Wildman–Crippen LogP) is 6.28. The minimum atomic E-state index is -0.578. The number of aromatic nitrogens is 3. The maximum atomic E-state index is 13.5. The Morgan fingerprint density at radius 3 is 2.57 bits per heavy atom. The van der Waals surface area contributed by atoms with Crippen LogP contribution in [0.1, 0.15) is 76.3 Å². The van der Waals surface area contributed by atoms with Gasteiger partial charge in [0.25, 0.3) is 5.91 Å². The van der Waals surface area contributed by atoms with Crippen molar-refractivity contribution in [3.8, 4) is 11.4 Å². The van der Waals surface area contributed by atoms with Crippen molar-refractivity contribution in [1.29, 1.82) is 0 Å². The fourth-order valence-electron chi connectivity index (χ4n) is 4.94. The highest BCUT2D eigenvalue weighted by atomic mass is 32.2. The molecule has 4 aromatic rings. The number of anilines is 1. The van der Waals surface area contributed by atoms with E-state index in [4.69, 9.17) is 9.47 Å². The summed E-state index contributed by atoms with van der Waals surface area (Å²) in [7, 11) is 0. The Morgan fingerprint density at radius 1 is 1.05 bits per heavy atom. The van der Waals surface area contributed by atoms with Gasteiger partial charge in [-0.3, -0.25) is 14.2 Å². The second-order valence-electron chi connectivity index (χ2n) is 10.1. The van der Waals surface area contributed by atoms with E-state index < -0.39 is 11.2 Å². The summed E-state index contributed by atoms with van der Waals surface area (Å²) < 4.78 is 12.8. The SMILES string of the molecule is CCOC(=O)c1c(NC(=O)C(C)Sc2nnc(CNC(=O)c3cccs3)n2-c2ccc(OCC)cc2)sc2c1CCCCC2. The number of amides is 2. The molecule has 1 aromatic carbocycles. The van der Waals surface area contributed by atoms with E-state index in [9.17, 15) is 14.4 Å². The number of carbonyl (C=O) groups is 3. The quantitative estimate of drug-likeness (QED) is 0.104. The molecule has 44 heavy (non-hydrogen) atoms. The molecule has 0 bridgehead atoms. The standard InChI is InChI=1S/C31H35N5O5S3/c1-4-40-21-15-13-20(14-16-21)36-25(18-32-28(38)24-12-9-17-42-24)34-35-31(36)43-19(3)27(37)33-29-26(30(39)41-5-2)22-10-7-6-8-11-23(22)44-29/h9,12-17,19H,4-8,10-11,18H2,1-3H3,(H,32,38)(H,33,37). The van der Waals surface area contributed by atoms with Gasteiger partial charge in [0.05, 0.1) is 35.4 Å². The lowest BCUT2D eigenvalue weighted by Crippen LogP contribution is -2.25. The molecule has 0 radical (unpaired) electrons. The number of esters is 1. The van der Waals surface area contributed by atoms with E-state index in [0.717, 1.165) is 54.0 Å². The van der Waals surface area contributed by atoms with Crippen LogP contribution in [0.5, 0.6) is 5.75 Å². The zero-order valence-electron chi connectivity index (χ0n) is 24.9. The zero-order valence-corrected chi connectivity index (χ0v) is 27.3. The van der Waals surface area contributed by atoms with Crippen molar-refractivity contribution in [3.05, 3.63) is 68.5 Å². The third-order valence-corrected chi connectivity index (χ3v) is 10.2. The molecule has 0 spiro atoms. The van der Waals surface area contributed by atoms with E-state index in [0.29, 0.717) is 33.0 Å². The summed E-state index contributed by atoms with van der Waals surface area (Å²) in [4.78, 5) is 40.9. The topological polar surface area (TPSA) is 124 Å². The molecule has 13 heteroatoms. The van der Waals surface area contributed by atoms with Crippen molar-refractivity contribution in [1.82, 2.24) is 20.1 Å². The molecular weight excluding hydrogens is 619 g/mol. The number of rotatable bonds is 12. The Hall–Kier alpha value is -3.68. The minimum Gasteiger partial charge on any atom is -0.494 e. The molecular formula is C31H35N5O5S3. The van der Waals surface area contributed by atoms with Gasteiger partial charge in [-0.25, -0.2) is 4.79 Å². The third-order valence-electron chi connectivity index (χ3n) is 7.05. The first-order valence-corrected chi connectivity index (χ1v) is 17.3. The van der Waals surface area contributed by atoms with Crippen molar-refractivity contribution < 1.29 is 23.9 Å². The number of benzene rings is 1. The number of nitrogens with one attached hydrogen (secondary N) is 2. The second-order valence-corrected chi connectivity index (χ2v) is 13.4. The largest absolute Gasteiger partial charge is 0.494 e. The summed E-state index contributed by atoms with van der Waals surface area (Å²) >= 11 is 4.08. The average Bonchev–Trinajstić information content (AvgIpc) is 3.73. The molecule has 3 heterocycles. The van der Waals surface area contributed by atoms with Crippen molar-refractivity contribution in [2.45, 2.75) is 69.8 Å². The van der Waals surface area contributed by atoms with Gasteiger partial charge < -0.3 is 20.1 Å². The fourth-order valence-corrected chi connectivity index (χ4v) is 7.74. The van der Waals surface area contributed by atoms with E-state index >= 15 is 0 Å². The third kappa shape index (κ3) is 7.33. The summed E-state index contributed by atoms with van der Waals surface area (Å²) in [5, 5.41) is 17.0. The molecule has 2 N–H and O–H groups in total. The molecule has 0 saturated carbocycles. The normalized spacial score (nSPS) is 13.4. The van der Waals surface area contributed by atoms with Crippen molar-refractivity contribution in [2.24, 2.45) is 0 Å². The number of ether oxygens (including phenoxy) is 2. The zero-order chi connectivity index (χ0) is 31.1. The van der Waals surface area contributed by atoms with Crippen LogP contribution in [0, 0.1) is 0 Å². The lowest BCUT2D eigenvalue weighted by molar-refractivity contribution is -0.115. The maximum absolute atomic E-state index is 13.5. The minimum absolute atomic E-state index is 0.141. The lowest BCUT2D eigenvalue weighted by atomic mass is 10.1. The molecule has 3 aromatic heterocycles. The first kappa shape index (κ1) is 31.7. The molecule has 0 aliphatic heterocycles. The number of carbonyl (C=O) groups excluding carboxylic acids is 3. The number of fused-ring (bicyclic) bond motifs is 1. The number of hydrogen-bond donors (Lipinski definition) is 2. The number of thiophene rings is 2. The summed E-state index contributed by atoms with van der Waals surface area (Å²) in [5.74, 6) is 0.388. The molecule has 1 atom stereocenters. The van der Waals surface area contributed by atoms with Gasteiger partial charge in [0.2, 0.25) is 5.91 Å². The Balaban J connectivity index is 1.38. The number of aryl methyl sites for hydroxylation is 1. The molecule has 232 valence electrons. The van der Waals surface area contributed by atoms with Crippen LogP contribution < -0.4 is 15.4 Å². The van der Waals surface area contributed by atoms with E-state index in [1.54, 1.807) is 19.9 Å². The van der Waals surface area contributed by atoms with Crippen LogP contribution >= 0.6 is 34.4 Å². The van der Waals surface area contributed by atoms with Crippen LogP contribution in [-0.2, 0) is 28.9 Å². The fraction of sp³-hybridized carbons (Fsp3) is 0.387. The number of nitrogens with zero attached hydrogens (tertiary/aromatic N) is 3. The van der Waals surface area contributed by atoms with Crippen LogP contribution in [0.15, 0.2) is 46.9 Å². The summed E-state index contributed by atoms with van der Waals surface area (Å²) in [6.07, 6.45) is 4.88. The van der Waals surface area contributed by atoms with Crippen LogP contribution in [0.4, 0.5) is 5.00 Å². The Labute approximate surface area is 268 Å². The van der Waals surface area contributed by atoms with E-state index in [1.165, 1.54) is 34.4 Å². The van der Waals surface area contributed by atoms with Gasteiger partial charge in [-0.15, -0.1) is 32.9 Å². The van der Waals surface area contributed by atoms with Crippen molar-refractivity contribution >= 4 is 57.2 Å². The van der Waals surface area contributed by atoms with Gasteiger partial charge in [-0.2, -0.15) is 0 Å². The Morgan fingerprint density at radius 2 is 1.84 bits per heavy atom. The highest BCUT2D eigenvalue weighted by molar-refractivity contribution is 8.00. The monoisotopic (exact) mass is 653 g/mol.